The molecule has 0 heterocycles. The summed E-state index contributed by atoms with van der Waals surface area (Å²) < 4.78 is 0. The Morgan fingerprint density at radius 2 is 1.93 bits per heavy atom. The van der Waals surface area contributed by atoms with Crippen LogP contribution >= 0.6 is 15.9 Å². The van der Waals surface area contributed by atoms with E-state index in [4.69, 9.17) is 5.11 Å². The first-order valence-corrected chi connectivity index (χ1v) is 6.72. The van der Waals surface area contributed by atoms with Crippen LogP contribution in [0.25, 0.3) is 0 Å². The maximum absolute atomic E-state index is 11.0. The van der Waals surface area contributed by atoms with Gasteiger partial charge in [0.25, 0.3) is 0 Å². The Bertz CT molecular complexity index is 228. The smallest absolute Gasteiger partial charge is 0.317 e. The molecule has 0 aromatic heterocycles. The molecule has 1 N–H and O–H groups in total. The highest BCUT2D eigenvalue weighted by Gasteiger charge is 2.37. The van der Waals surface area contributed by atoms with E-state index in [0.717, 1.165) is 6.42 Å². The van der Waals surface area contributed by atoms with E-state index in [1.807, 2.05) is 0 Å². The van der Waals surface area contributed by atoms with E-state index in [1.165, 1.54) is 12.8 Å². The van der Waals surface area contributed by atoms with Gasteiger partial charge >= 0.3 is 5.97 Å². The van der Waals surface area contributed by atoms with Crippen LogP contribution < -0.4 is 0 Å². The third kappa shape index (κ3) is 3.20. The Morgan fingerprint density at radius 3 is 2.40 bits per heavy atom. The topological polar surface area (TPSA) is 37.3 Å². The molecule has 0 aliphatic heterocycles. The van der Waals surface area contributed by atoms with Crippen molar-refractivity contribution in [1.82, 2.24) is 0 Å². The third-order valence-electron chi connectivity index (χ3n) is 3.69. The van der Waals surface area contributed by atoms with Gasteiger partial charge in [-0.2, -0.15) is 0 Å². The molecule has 0 saturated heterocycles. The Morgan fingerprint density at radius 1 is 1.33 bits per heavy atom. The second kappa shape index (κ2) is 5.33. The van der Waals surface area contributed by atoms with Gasteiger partial charge in [0.15, 0.2) is 0 Å². The fourth-order valence-electron chi connectivity index (χ4n) is 2.80. The third-order valence-corrected chi connectivity index (χ3v) is 4.76. The van der Waals surface area contributed by atoms with Gasteiger partial charge in [0.05, 0.1) is 0 Å². The highest BCUT2D eigenvalue weighted by atomic mass is 79.9. The molecule has 1 rings (SSSR count). The lowest BCUT2D eigenvalue weighted by Gasteiger charge is -2.38. The molecule has 2 nitrogen and oxygen atoms in total. The second-order valence-corrected chi connectivity index (χ2v) is 6.22. The van der Waals surface area contributed by atoms with Gasteiger partial charge in [-0.1, -0.05) is 43.1 Å². The number of hydrogen-bond donors (Lipinski definition) is 1. The van der Waals surface area contributed by atoms with Crippen LogP contribution in [-0.2, 0) is 4.79 Å². The molecule has 0 spiro atoms. The maximum atomic E-state index is 11.0. The summed E-state index contributed by atoms with van der Waals surface area (Å²) in [4.78, 5) is 10.7. The molecule has 0 amide bonds. The van der Waals surface area contributed by atoms with Crippen molar-refractivity contribution in [3.63, 3.8) is 0 Å². The number of rotatable bonds is 3. The zero-order chi connectivity index (χ0) is 11.6. The predicted molar refractivity (Wildman–Crippen MR) is 65.2 cm³/mol. The van der Waals surface area contributed by atoms with Crippen LogP contribution in [0.4, 0.5) is 0 Å². The van der Waals surface area contributed by atoms with E-state index >= 15 is 0 Å². The van der Waals surface area contributed by atoms with Crippen LogP contribution in [0.2, 0.25) is 0 Å². The van der Waals surface area contributed by atoms with Crippen molar-refractivity contribution in [3.8, 4) is 0 Å². The lowest BCUT2D eigenvalue weighted by atomic mass is 9.69. The van der Waals surface area contributed by atoms with E-state index in [0.29, 0.717) is 23.7 Å². The molecule has 1 saturated carbocycles. The van der Waals surface area contributed by atoms with Crippen LogP contribution in [-0.4, -0.2) is 15.9 Å². The molecule has 2 unspecified atom stereocenters. The van der Waals surface area contributed by atoms with Crippen molar-refractivity contribution in [2.45, 2.75) is 44.9 Å². The molecular formula is C12H21BrO2. The Balaban J connectivity index is 2.74. The Labute approximate surface area is 101 Å². The summed E-state index contributed by atoms with van der Waals surface area (Å²) in [6, 6.07) is 0. The molecule has 0 bridgehead atoms. The summed E-state index contributed by atoms with van der Waals surface area (Å²) in [5.74, 6) is 1.40. The van der Waals surface area contributed by atoms with Gasteiger partial charge < -0.3 is 5.11 Å². The fraction of sp³-hybridized carbons (Fsp3) is 0.917. The quantitative estimate of drug-likeness (QED) is 0.801. The number of carboxylic acids is 1. The lowest BCUT2D eigenvalue weighted by Crippen LogP contribution is -2.36. The van der Waals surface area contributed by atoms with Crippen molar-refractivity contribution in [3.05, 3.63) is 0 Å². The summed E-state index contributed by atoms with van der Waals surface area (Å²) in [5, 5.41) is 9.07. The van der Waals surface area contributed by atoms with Crippen LogP contribution in [0.5, 0.6) is 0 Å². The number of aliphatic carboxylic acids is 1. The van der Waals surface area contributed by atoms with Crippen molar-refractivity contribution >= 4 is 21.9 Å². The first kappa shape index (κ1) is 13.0. The van der Waals surface area contributed by atoms with Gasteiger partial charge in [0, 0.05) is 0 Å². The van der Waals surface area contributed by atoms with Gasteiger partial charge in [-0.25, -0.2) is 0 Å². The van der Waals surface area contributed by atoms with Crippen molar-refractivity contribution < 1.29 is 9.90 Å². The molecule has 4 atom stereocenters. The van der Waals surface area contributed by atoms with Gasteiger partial charge in [0.1, 0.15) is 4.83 Å². The van der Waals surface area contributed by atoms with Crippen molar-refractivity contribution in [1.29, 1.82) is 0 Å². The minimum absolute atomic E-state index is 0.297. The lowest BCUT2D eigenvalue weighted by molar-refractivity contribution is -0.138. The number of halogens is 1. The van der Waals surface area contributed by atoms with E-state index in [2.05, 4.69) is 36.7 Å². The average Bonchev–Trinajstić information content (AvgIpc) is 2.15. The molecule has 1 aliphatic rings. The van der Waals surface area contributed by atoms with E-state index in [1.54, 1.807) is 0 Å². The average molecular weight is 277 g/mol. The molecule has 0 aromatic rings. The molecule has 15 heavy (non-hydrogen) atoms. The minimum atomic E-state index is -0.709. The number of carbonyl (C=O) groups is 1. The summed E-state index contributed by atoms with van der Waals surface area (Å²) in [7, 11) is 0. The summed E-state index contributed by atoms with van der Waals surface area (Å²) in [6.07, 6.45) is 3.47. The maximum Gasteiger partial charge on any atom is 0.317 e. The van der Waals surface area contributed by atoms with E-state index in [9.17, 15) is 4.79 Å². The van der Waals surface area contributed by atoms with Crippen LogP contribution in [0.1, 0.15) is 40.0 Å². The van der Waals surface area contributed by atoms with Gasteiger partial charge in [-0.15, -0.1) is 0 Å². The van der Waals surface area contributed by atoms with E-state index in [-0.39, 0.29) is 4.83 Å². The molecule has 3 heteroatoms. The van der Waals surface area contributed by atoms with Crippen LogP contribution in [0, 0.1) is 23.7 Å². The predicted octanol–water partition coefficient (Wildman–Crippen LogP) is 3.54. The zero-order valence-electron chi connectivity index (χ0n) is 9.74. The van der Waals surface area contributed by atoms with Crippen LogP contribution in [0.15, 0.2) is 0 Å². The van der Waals surface area contributed by atoms with Crippen molar-refractivity contribution in [2.75, 3.05) is 0 Å². The number of hydrogen-bond acceptors (Lipinski definition) is 1. The highest BCUT2D eigenvalue weighted by molar-refractivity contribution is 9.10. The summed E-state index contributed by atoms with van der Waals surface area (Å²) in [6.45, 7) is 6.63. The zero-order valence-corrected chi connectivity index (χ0v) is 11.3. The monoisotopic (exact) mass is 276 g/mol. The Hall–Kier alpha value is -0.0500. The fourth-order valence-corrected chi connectivity index (χ4v) is 3.40. The first-order chi connectivity index (χ1) is 6.93. The van der Waals surface area contributed by atoms with Gasteiger partial charge in [-0.3, -0.25) is 4.79 Å². The highest BCUT2D eigenvalue weighted by Crippen LogP contribution is 2.41. The van der Waals surface area contributed by atoms with E-state index < -0.39 is 5.97 Å². The largest absolute Gasteiger partial charge is 0.480 e. The summed E-state index contributed by atoms with van der Waals surface area (Å²) in [5.41, 5.74) is 0. The summed E-state index contributed by atoms with van der Waals surface area (Å²) >= 11 is 3.34. The molecule has 0 aromatic carbocycles. The molecular weight excluding hydrogens is 256 g/mol. The van der Waals surface area contributed by atoms with Crippen LogP contribution in [0.3, 0.4) is 0 Å². The molecule has 0 radical (unpaired) electrons. The van der Waals surface area contributed by atoms with Crippen molar-refractivity contribution in [2.24, 2.45) is 23.7 Å². The molecule has 1 aliphatic carbocycles. The molecule has 88 valence electrons. The minimum Gasteiger partial charge on any atom is -0.480 e. The standard InChI is InChI=1S/C12H21BrO2/c1-7(2)9-5-4-8(3)6-10(9)11(13)12(14)15/h7-11H,4-6H2,1-3H3,(H,14,15)/t8-,9?,10-,11?/m1/s1. The number of carboxylic acid groups (broad SMARTS) is 1. The van der Waals surface area contributed by atoms with Gasteiger partial charge in [0.2, 0.25) is 0 Å². The molecule has 1 fully saturated rings. The van der Waals surface area contributed by atoms with Gasteiger partial charge in [-0.05, 0) is 36.5 Å². The number of alkyl halides is 1. The Kier molecular flexibility index (Phi) is 4.63. The second-order valence-electron chi connectivity index (χ2n) is 5.23. The SMILES string of the molecule is CC(C)C1CC[C@@H](C)C[C@H]1C(Br)C(=O)O. The normalized spacial score (nSPS) is 34.1. The first-order valence-electron chi connectivity index (χ1n) is 5.80.